The molecule has 1 aromatic heterocycles. The molecule has 1 aromatic rings. The summed E-state index contributed by atoms with van der Waals surface area (Å²) < 4.78 is 5.09. The van der Waals surface area contributed by atoms with Gasteiger partial charge >= 0.3 is 0 Å². The summed E-state index contributed by atoms with van der Waals surface area (Å²) in [5.74, 6) is 0.446. The van der Waals surface area contributed by atoms with Gasteiger partial charge in [0.15, 0.2) is 0 Å². The van der Waals surface area contributed by atoms with E-state index in [0.29, 0.717) is 21.3 Å². The number of pyridine rings is 1. The summed E-state index contributed by atoms with van der Waals surface area (Å²) in [4.78, 5) is 4.03. The second-order valence-electron chi connectivity index (χ2n) is 5.32. The molecule has 0 aromatic carbocycles. The summed E-state index contributed by atoms with van der Waals surface area (Å²) >= 11 is 12.3. The molecule has 0 N–H and O–H groups in total. The molecule has 1 rings (SSSR count). The van der Waals surface area contributed by atoms with Crippen molar-refractivity contribution in [1.29, 1.82) is 0 Å². The quantitative estimate of drug-likeness (QED) is 0.790. The van der Waals surface area contributed by atoms with Crippen molar-refractivity contribution < 1.29 is 4.74 Å². The molecule has 17 heavy (non-hydrogen) atoms. The van der Waals surface area contributed by atoms with Crippen LogP contribution in [0.15, 0.2) is 6.20 Å². The standard InChI is InChI=1S/C13H19Cl2NO/c1-13(2,3)7-5-6-9-10(14)8-16-12(17-4)11(9)15/h8H,5-7H2,1-4H3. The van der Waals surface area contributed by atoms with Crippen LogP contribution in [-0.4, -0.2) is 12.1 Å². The molecule has 96 valence electrons. The Morgan fingerprint density at radius 3 is 2.47 bits per heavy atom. The van der Waals surface area contributed by atoms with Gasteiger partial charge in [-0.2, -0.15) is 0 Å². The maximum absolute atomic E-state index is 6.19. The summed E-state index contributed by atoms with van der Waals surface area (Å²) in [5.41, 5.74) is 1.26. The first-order valence-corrected chi connectivity index (χ1v) is 6.47. The average Bonchev–Trinajstić information content (AvgIpc) is 2.21. The van der Waals surface area contributed by atoms with Gasteiger partial charge in [-0.25, -0.2) is 4.98 Å². The molecule has 0 bridgehead atoms. The van der Waals surface area contributed by atoms with E-state index in [4.69, 9.17) is 27.9 Å². The minimum absolute atomic E-state index is 0.329. The second-order valence-corrected chi connectivity index (χ2v) is 6.11. The maximum Gasteiger partial charge on any atom is 0.232 e. The van der Waals surface area contributed by atoms with Crippen molar-refractivity contribution in [3.05, 3.63) is 21.8 Å². The van der Waals surface area contributed by atoms with E-state index in [1.165, 1.54) is 0 Å². The smallest absolute Gasteiger partial charge is 0.232 e. The van der Waals surface area contributed by atoms with E-state index < -0.39 is 0 Å². The molecule has 0 spiro atoms. The van der Waals surface area contributed by atoms with E-state index in [0.717, 1.165) is 24.8 Å². The van der Waals surface area contributed by atoms with Gasteiger partial charge in [0.25, 0.3) is 0 Å². The number of rotatable bonds is 4. The van der Waals surface area contributed by atoms with E-state index in [2.05, 4.69) is 25.8 Å². The summed E-state index contributed by atoms with van der Waals surface area (Å²) in [5, 5.41) is 1.15. The number of methoxy groups -OCH3 is 1. The maximum atomic E-state index is 6.19. The minimum Gasteiger partial charge on any atom is -0.480 e. The molecule has 0 saturated carbocycles. The van der Waals surface area contributed by atoms with Gasteiger partial charge in [-0.1, -0.05) is 44.0 Å². The summed E-state index contributed by atoms with van der Waals surface area (Å²) in [7, 11) is 1.56. The van der Waals surface area contributed by atoms with Gasteiger partial charge in [-0.15, -0.1) is 0 Å². The zero-order valence-electron chi connectivity index (χ0n) is 10.8. The number of nitrogens with zero attached hydrogens (tertiary/aromatic N) is 1. The Hall–Kier alpha value is -0.470. The van der Waals surface area contributed by atoms with E-state index in [-0.39, 0.29) is 0 Å². The van der Waals surface area contributed by atoms with Crippen molar-refractivity contribution in [3.8, 4) is 5.88 Å². The Balaban J connectivity index is 2.77. The lowest BCUT2D eigenvalue weighted by Crippen LogP contribution is -2.05. The number of hydrogen-bond donors (Lipinski definition) is 0. The van der Waals surface area contributed by atoms with Gasteiger partial charge in [0, 0.05) is 6.20 Å². The fourth-order valence-corrected chi connectivity index (χ4v) is 2.26. The minimum atomic E-state index is 0.329. The fourth-order valence-electron chi connectivity index (χ4n) is 1.65. The highest BCUT2D eigenvalue weighted by Crippen LogP contribution is 2.33. The number of ether oxygens (including phenoxy) is 1. The topological polar surface area (TPSA) is 22.1 Å². The van der Waals surface area contributed by atoms with Gasteiger partial charge in [0.05, 0.1) is 12.1 Å². The van der Waals surface area contributed by atoms with Crippen LogP contribution >= 0.6 is 23.2 Å². The number of aromatic nitrogens is 1. The molecule has 0 aliphatic heterocycles. The highest BCUT2D eigenvalue weighted by atomic mass is 35.5. The SMILES string of the molecule is COc1ncc(Cl)c(CCCC(C)(C)C)c1Cl. The van der Waals surface area contributed by atoms with Crippen molar-refractivity contribution in [2.75, 3.05) is 7.11 Å². The van der Waals surface area contributed by atoms with Crippen LogP contribution in [0.2, 0.25) is 10.0 Å². The number of halogens is 2. The third-order valence-corrected chi connectivity index (χ3v) is 3.30. The Labute approximate surface area is 113 Å². The molecule has 0 radical (unpaired) electrons. The van der Waals surface area contributed by atoms with Crippen molar-refractivity contribution in [2.45, 2.75) is 40.0 Å². The van der Waals surface area contributed by atoms with Gasteiger partial charge in [0.2, 0.25) is 5.88 Å². The summed E-state index contributed by atoms with van der Waals surface area (Å²) in [6.07, 6.45) is 4.63. The molecular formula is C13H19Cl2NO. The van der Waals surface area contributed by atoms with Crippen LogP contribution in [0, 0.1) is 5.41 Å². The zero-order chi connectivity index (χ0) is 13.1. The lowest BCUT2D eigenvalue weighted by molar-refractivity contribution is 0.365. The first kappa shape index (κ1) is 14.6. The molecule has 0 aliphatic rings. The average molecular weight is 276 g/mol. The molecule has 0 aliphatic carbocycles. The first-order valence-electron chi connectivity index (χ1n) is 5.72. The third kappa shape index (κ3) is 4.36. The van der Waals surface area contributed by atoms with Gasteiger partial charge in [-0.3, -0.25) is 0 Å². The van der Waals surface area contributed by atoms with Crippen LogP contribution < -0.4 is 4.74 Å². The molecule has 0 saturated heterocycles. The molecule has 0 atom stereocenters. The van der Waals surface area contributed by atoms with E-state index >= 15 is 0 Å². The lowest BCUT2D eigenvalue weighted by atomic mass is 9.89. The van der Waals surface area contributed by atoms with Gasteiger partial charge in [-0.05, 0) is 30.2 Å². The predicted octanol–water partition coefficient (Wildman–Crippen LogP) is 4.77. The Morgan fingerprint density at radius 1 is 1.29 bits per heavy atom. The van der Waals surface area contributed by atoms with E-state index in [1.807, 2.05) is 0 Å². The first-order chi connectivity index (χ1) is 7.85. The van der Waals surface area contributed by atoms with Crippen LogP contribution in [0.4, 0.5) is 0 Å². The highest BCUT2D eigenvalue weighted by molar-refractivity contribution is 6.36. The normalized spacial score (nSPS) is 11.6. The van der Waals surface area contributed by atoms with Crippen LogP contribution in [0.5, 0.6) is 5.88 Å². The molecular weight excluding hydrogens is 257 g/mol. The third-order valence-electron chi connectivity index (χ3n) is 2.58. The fraction of sp³-hybridized carbons (Fsp3) is 0.615. The molecule has 0 unspecified atom stereocenters. The summed E-state index contributed by atoms with van der Waals surface area (Å²) in [6.45, 7) is 6.68. The van der Waals surface area contributed by atoms with Crippen molar-refractivity contribution >= 4 is 23.2 Å². The van der Waals surface area contributed by atoms with Crippen LogP contribution in [0.1, 0.15) is 39.2 Å². The zero-order valence-corrected chi connectivity index (χ0v) is 12.3. The molecule has 0 fully saturated rings. The molecule has 1 heterocycles. The highest BCUT2D eigenvalue weighted by Gasteiger charge is 2.14. The molecule has 0 amide bonds. The van der Waals surface area contributed by atoms with Crippen molar-refractivity contribution in [2.24, 2.45) is 5.41 Å². The van der Waals surface area contributed by atoms with Crippen molar-refractivity contribution in [1.82, 2.24) is 4.98 Å². The van der Waals surface area contributed by atoms with Crippen LogP contribution in [-0.2, 0) is 6.42 Å². The second kappa shape index (κ2) is 5.92. The Morgan fingerprint density at radius 2 is 1.94 bits per heavy atom. The van der Waals surface area contributed by atoms with Crippen LogP contribution in [0.3, 0.4) is 0 Å². The molecule has 2 nitrogen and oxygen atoms in total. The largest absolute Gasteiger partial charge is 0.480 e. The molecule has 4 heteroatoms. The monoisotopic (exact) mass is 275 g/mol. The Bertz CT molecular complexity index is 386. The lowest BCUT2D eigenvalue weighted by Gasteiger charge is -2.18. The van der Waals surface area contributed by atoms with Gasteiger partial charge < -0.3 is 4.74 Å². The van der Waals surface area contributed by atoms with Crippen molar-refractivity contribution in [3.63, 3.8) is 0 Å². The van der Waals surface area contributed by atoms with Gasteiger partial charge in [0.1, 0.15) is 5.02 Å². The Kier molecular flexibility index (Phi) is 5.08. The number of hydrogen-bond acceptors (Lipinski definition) is 2. The predicted molar refractivity (Wildman–Crippen MR) is 73.2 cm³/mol. The van der Waals surface area contributed by atoms with Crippen LogP contribution in [0.25, 0.3) is 0 Å². The van der Waals surface area contributed by atoms with E-state index in [9.17, 15) is 0 Å². The van der Waals surface area contributed by atoms with E-state index in [1.54, 1.807) is 13.3 Å². The summed E-state index contributed by atoms with van der Waals surface area (Å²) in [6, 6.07) is 0.